The molecule has 1 amide bonds. The molecule has 176 valence electrons. The van der Waals surface area contributed by atoms with E-state index in [0.29, 0.717) is 35.6 Å². The molecule has 2 atom stereocenters. The number of halogens is 1. The summed E-state index contributed by atoms with van der Waals surface area (Å²) < 4.78 is 11.1. The van der Waals surface area contributed by atoms with Crippen LogP contribution in [0.4, 0.5) is 0 Å². The van der Waals surface area contributed by atoms with Gasteiger partial charge in [-0.15, -0.1) is 11.3 Å². The summed E-state index contributed by atoms with van der Waals surface area (Å²) in [6, 6.07) is 7.04. The third-order valence-electron chi connectivity index (χ3n) is 5.95. The molecule has 10 heteroatoms. The van der Waals surface area contributed by atoms with E-state index in [2.05, 4.69) is 15.0 Å². The Hall–Kier alpha value is -3.01. The van der Waals surface area contributed by atoms with Crippen LogP contribution in [0, 0.1) is 13.8 Å². The summed E-state index contributed by atoms with van der Waals surface area (Å²) in [6.07, 6.45) is 1.60. The van der Waals surface area contributed by atoms with Crippen LogP contribution in [-0.2, 0) is 4.74 Å². The highest BCUT2D eigenvalue weighted by atomic mass is 35.5. The number of imidazole rings is 1. The van der Waals surface area contributed by atoms with Gasteiger partial charge in [0, 0.05) is 29.4 Å². The molecule has 1 fully saturated rings. The van der Waals surface area contributed by atoms with Gasteiger partial charge in [-0.25, -0.2) is 15.0 Å². The SMILES string of the molecule is COc1ccc(-c2sc(C)nc2C(=O)N2C[C@@H](C)OC[C@@H]2c2nc3c(C)c(Cl)ccc3[nH]2)cn1. The number of carbonyl (C=O) groups is 1. The van der Waals surface area contributed by atoms with Crippen LogP contribution < -0.4 is 4.74 Å². The van der Waals surface area contributed by atoms with E-state index < -0.39 is 0 Å². The number of hydrogen-bond donors (Lipinski definition) is 1. The zero-order valence-corrected chi connectivity index (χ0v) is 20.8. The number of aromatic nitrogens is 4. The molecule has 1 aliphatic heterocycles. The maximum atomic E-state index is 13.9. The Kier molecular flexibility index (Phi) is 6.01. The number of methoxy groups -OCH3 is 1. The highest BCUT2D eigenvalue weighted by Gasteiger charge is 2.36. The lowest BCUT2D eigenvalue weighted by Gasteiger charge is -2.37. The molecule has 0 aliphatic carbocycles. The lowest BCUT2D eigenvalue weighted by molar-refractivity contribution is -0.0468. The van der Waals surface area contributed by atoms with E-state index in [9.17, 15) is 4.79 Å². The summed E-state index contributed by atoms with van der Waals surface area (Å²) in [4.78, 5) is 33.5. The number of hydrogen-bond acceptors (Lipinski definition) is 7. The minimum absolute atomic E-state index is 0.105. The fourth-order valence-corrected chi connectivity index (χ4v) is 5.21. The van der Waals surface area contributed by atoms with Crippen LogP contribution in [0.3, 0.4) is 0 Å². The summed E-state index contributed by atoms with van der Waals surface area (Å²) in [5.74, 6) is 1.02. The summed E-state index contributed by atoms with van der Waals surface area (Å²) in [5.41, 5.74) is 3.79. The minimum atomic E-state index is -0.377. The second-order valence-corrected chi connectivity index (χ2v) is 9.92. The van der Waals surface area contributed by atoms with Gasteiger partial charge in [0.2, 0.25) is 5.88 Å². The van der Waals surface area contributed by atoms with Gasteiger partial charge in [0.15, 0.2) is 0 Å². The van der Waals surface area contributed by atoms with Crippen molar-refractivity contribution in [2.24, 2.45) is 0 Å². The number of carbonyl (C=O) groups excluding carboxylic acids is 1. The van der Waals surface area contributed by atoms with Gasteiger partial charge in [-0.2, -0.15) is 0 Å². The molecule has 4 aromatic rings. The van der Waals surface area contributed by atoms with Crippen LogP contribution in [0.5, 0.6) is 5.88 Å². The average molecular weight is 498 g/mol. The van der Waals surface area contributed by atoms with Crippen molar-refractivity contribution in [3.63, 3.8) is 0 Å². The van der Waals surface area contributed by atoms with Crippen LogP contribution in [0.25, 0.3) is 21.5 Å². The Morgan fingerprint density at radius 1 is 1.26 bits per heavy atom. The Labute approximate surface area is 205 Å². The van der Waals surface area contributed by atoms with E-state index in [-0.39, 0.29) is 18.1 Å². The highest BCUT2D eigenvalue weighted by molar-refractivity contribution is 7.15. The fourth-order valence-electron chi connectivity index (χ4n) is 4.16. The molecule has 0 bridgehead atoms. The van der Waals surface area contributed by atoms with Crippen molar-refractivity contribution in [3.05, 3.63) is 57.6 Å². The molecule has 8 nitrogen and oxygen atoms in total. The molecule has 5 rings (SSSR count). The van der Waals surface area contributed by atoms with Gasteiger partial charge in [-0.05, 0) is 44.5 Å². The normalized spacial score (nSPS) is 18.4. The molecule has 1 aromatic carbocycles. The molecule has 3 aromatic heterocycles. The number of morpholine rings is 1. The van der Waals surface area contributed by atoms with Crippen LogP contribution >= 0.6 is 22.9 Å². The Bertz CT molecular complexity index is 1370. The van der Waals surface area contributed by atoms with Crippen LogP contribution in [0.1, 0.15) is 39.8 Å². The number of benzene rings is 1. The molecule has 0 unspecified atom stereocenters. The standard InChI is InChI=1S/C24H24ClN5O3S/c1-12-10-30(18(11-33-12)23-28-17-7-6-16(25)13(2)20(17)29-23)24(31)21-22(34-14(3)27-21)15-5-8-19(32-4)26-9-15/h5-9,12,18H,10-11H2,1-4H3,(H,28,29)/t12-,18-/m1/s1. The molecule has 0 radical (unpaired) electrons. The second kappa shape index (κ2) is 8.98. The first-order valence-corrected chi connectivity index (χ1v) is 12.1. The van der Waals surface area contributed by atoms with E-state index in [0.717, 1.165) is 32.0 Å². The molecular weight excluding hydrogens is 474 g/mol. The molecular formula is C24H24ClN5O3S. The summed E-state index contributed by atoms with van der Waals surface area (Å²) in [5, 5.41) is 1.46. The molecule has 1 saturated heterocycles. The van der Waals surface area contributed by atoms with Gasteiger partial charge < -0.3 is 19.4 Å². The Morgan fingerprint density at radius 2 is 2.09 bits per heavy atom. The number of aromatic amines is 1. The third-order valence-corrected chi connectivity index (χ3v) is 7.38. The number of rotatable bonds is 4. The van der Waals surface area contributed by atoms with Crippen LogP contribution in [0.15, 0.2) is 30.5 Å². The average Bonchev–Trinajstić information content (AvgIpc) is 3.45. The smallest absolute Gasteiger partial charge is 0.274 e. The number of aryl methyl sites for hydroxylation is 2. The van der Waals surface area contributed by atoms with Crippen LogP contribution in [0.2, 0.25) is 5.02 Å². The van der Waals surface area contributed by atoms with Crippen molar-refractivity contribution in [1.82, 2.24) is 24.8 Å². The van der Waals surface area contributed by atoms with E-state index in [4.69, 9.17) is 26.1 Å². The number of ether oxygens (including phenoxy) is 2. The van der Waals surface area contributed by atoms with Gasteiger partial charge in [0.1, 0.15) is 17.6 Å². The quantitative estimate of drug-likeness (QED) is 0.428. The molecule has 34 heavy (non-hydrogen) atoms. The Balaban J connectivity index is 1.54. The lowest BCUT2D eigenvalue weighted by Crippen LogP contribution is -2.47. The van der Waals surface area contributed by atoms with Gasteiger partial charge in [0.25, 0.3) is 5.91 Å². The van der Waals surface area contributed by atoms with Crippen molar-refractivity contribution in [2.75, 3.05) is 20.3 Å². The molecule has 1 aliphatic rings. The number of nitrogens with zero attached hydrogens (tertiary/aromatic N) is 4. The van der Waals surface area contributed by atoms with Gasteiger partial charge >= 0.3 is 0 Å². The molecule has 0 spiro atoms. The monoisotopic (exact) mass is 497 g/mol. The van der Waals surface area contributed by atoms with E-state index in [1.807, 2.05) is 39.0 Å². The fraction of sp³-hybridized carbons (Fsp3) is 0.333. The number of amides is 1. The highest BCUT2D eigenvalue weighted by Crippen LogP contribution is 2.35. The van der Waals surface area contributed by atoms with Gasteiger partial charge in [-0.1, -0.05) is 11.6 Å². The van der Waals surface area contributed by atoms with Gasteiger partial charge in [-0.3, -0.25) is 4.79 Å². The first-order chi connectivity index (χ1) is 16.4. The number of nitrogens with one attached hydrogen (secondary N) is 1. The number of thiazole rings is 1. The maximum absolute atomic E-state index is 13.9. The minimum Gasteiger partial charge on any atom is -0.481 e. The number of H-pyrrole nitrogens is 1. The van der Waals surface area contributed by atoms with Gasteiger partial charge in [0.05, 0.1) is 40.7 Å². The largest absolute Gasteiger partial charge is 0.481 e. The first kappa shape index (κ1) is 22.8. The Morgan fingerprint density at radius 3 is 2.82 bits per heavy atom. The van der Waals surface area contributed by atoms with E-state index >= 15 is 0 Å². The molecule has 1 N–H and O–H groups in total. The summed E-state index contributed by atoms with van der Waals surface area (Å²) >= 11 is 7.76. The van der Waals surface area contributed by atoms with E-state index in [1.54, 1.807) is 24.3 Å². The predicted octanol–water partition coefficient (Wildman–Crippen LogP) is 4.96. The first-order valence-electron chi connectivity index (χ1n) is 10.9. The number of pyridine rings is 1. The third kappa shape index (κ3) is 4.04. The van der Waals surface area contributed by atoms with Crippen molar-refractivity contribution >= 4 is 39.9 Å². The predicted molar refractivity (Wildman–Crippen MR) is 132 cm³/mol. The zero-order valence-electron chi connectivity index (χ0n) is 19.3. The van der Waals surface area contributed by atoms with Crippen molar-refractivity contribution in [2.45, 2.75) is 32.9 Å². The summed E-state index contributed by atoms with van der Waals surface area (Å²) in [6.45, 7) is 6.55. The summed E-state index contributed by atoms with van der Waals surface area (Å²) in [7, 11) is 1.57. The number of fused-ring (bicyclic) bond motifs is 1. The van der Waals surface area contributed by atoms with Crippen molar-refractivity contribution in [3.8, 4) is 16.3 Å². The van der Waals surface area contributed by atoms with Crippen molar-refractivity contribution < 1.29 is 14.3 Å². The van der Waals surface area contributed by atoms with Crippen LogP contribution in [-0.4, -0.2) is 57.1 Å². The zero-order chi connectivity index (χ0) is 24.0. The van der Waals surface area contributed by atoms with Crippen molar-refractivity contribution in [1.29, 1.82) is 0 Å². The second-order valence-electron chi connectivity index (χ2n) is 8.31. The van der Waals surface area contributed by atoms with E-state index in [1.165, 1.54) is 11.3 Å². The molecule has 4 heterocycles. The topological polar surface area (TPSA) is 93.2 Å². The maximum Gasteiger partial charge on any atom is 0.274 e. The molecule has 0 saturated carbocycles. The lowest BCUT2D eigenvalue weighted by atomic mass is 10.1.